The van der Waals surface area contributed by atoms with Gasteiger partial charge in [0.05, 0.1) is 0 Å². The summed E-state index contributed by atoms with van der Waals surface area (Å²) in [5.41, 5.74) is 0. The van der Waals surface area contributed by atoms with Crippen molar-refractivity contribution in [3.8, 4) is 0 Å². The summed E-state index contributed by atoms with van der Waals surface area (Å²) in [4.78, 5) is 38.1. The van der Waals surface area contributed by atoms with E-state index in [9.17, 15) is 14.4 Å². The number of esters is 3. The lowest BCUT2D eigenvalue weighted by Crippen LogP contribution is -2.30. The van der Waals surface area contributed by atoms with Crippen molar-refractivity contribution < 1.29 is 28.6 Å². The molecule has 1 unspecified atom stereocenters. The minimum atomic E-state index is -0.763. The van der Waals surface area contributed by atoms with Crippen LogP contribution in [0.5, 0.6) is 0 Å². The highest BCUT2D eigenvalue weighted by molar-refractivity contribution is 5.71. The molecule has 0 radical (unpaired) electrons. The summed E-state index contributed by atoms with van der Waals surface area (Å²) >= 11 is 0. The Morgan fingerprint density at radius 2 is 0.465 bits per heavy atom. The summed E-state index contributed by atoms with van der Waals surface area (Å²) in [6.07, 6.45) is 70.9. The molecule has 420 valence electrons. The molecule has 0 heterocycles. The summed E-state index contributed by atoms with van der Waals surface area (Å²) in [5.74, 6) is -0.836. The largest absolute Gasteiger partial charge is 0.462 e. The zero-order valence-electron chi connectivity index (χ0n) is 48.3. The molecule has 0 saturated heterocycles. The van der Waals surface area contributed by atoms with Gasteiger partial charge in [0.2, 0.25) is 0 Å². The predicted octanol–water partition coefficient (Wildman–Crippen LogP) is 21.7. The van der Waals surface area contributed by atoms with E-state index in [1.54, 1.807) is 0 Å². The first-order valence-electron chi connectivity index (χ1n) is 32.2. The summed E-state index contributed by atoms with van der Waals surface area (Å²) in [6.45, 7) is 6.69. The quantitative estimate of drug-likeness (QED) is 0.0261. The third kappa shape index (κ3) is 58.9. The van der Waals surface area contributed by atoms with Crippen molar-refractivity contribution in [2.45, 2.75) is 374 Å². The van der Waals surface area contributed by atoms with Gasteiger partial charge in [-0.1, -0.05) is 315 Å². The Kier molecular flexibility index (Phi) is 59.1. The maximum Gasteiger partial charge on any atom is 0.306 e. The van der Waals surface area contributed by atoms with Gasteiger partial charge < -0.3 is 14.2 Å². The van der Waals surface area contributed by atoms with Crippen molar-refractivity contribution in [2.24, 2.45) is 0 Å². The third-order valence-electron chi connectivity index (χ3n) is 14.8. The molecule has 0 saturated carbocycles. The van der Waals surface area contributed by atoms with Crippen LogP contribution in [0.3, 0.4) is 0 Å². The molecule has 0 rings (SSSR count). The Morgan fingerprint density at radius 3 is 0.704 bits per heavy atom. The van der Waals surface area contributed by atoms with E-state index in [4.69, 9.17) is 14.2 Å². The SMILES string of the molecule is CCCCCCCCCC/C=C\CCCCCCCCCCCCCCCCCCCC(=O)OCC(COC(=O)CCCCCCCCCCCCC)OC(=O)CCCCCCCCCCCCCCC. The molecule has 0 N–H and O–H groups in total. The molecule has 0 aliphatic heterocycles. The average molecular weight is 1000 g/mol. The molecule has 0 aliphatic carbocycles. The zero-order chi connectivity index (χ0) is 51.4. The lowest BCUT2D eigenvalue weighted by molar-refractivity contribution is -0.167. The monoisotopic (exact) mass is 1000 g/mol. The number of allylic oxidation sites excluding steroid dienone is 2. The van der Waals surface area contributed by atoms with Crippen molar-refractivity contribution >= 4 is 17.9 Å². The van der Waals surface area contributed by atoms with Crippen molar-refractivity contribution in [3.63, 3.8) is 0 Å². The van der Waals surface area contributed by atoms with E-state index >= 15 is 0 Å². The van der Waals surface area contributed by atoms with Crippen LogP contribution in [-0.4, -0.2) is 37.2 Å². The number of carbonyl (C=O) groups is 3. The van der Waals surface area contributed by atoms with E-state index in [2.05, 4.69) is 32.9 Å². The van der Waals surface area contributed by atoms with Gasteiger partial charge in [-0.25, -0.2) is 0 Å². The van der Waals surface area contributed by atoms with E-state index in [0.717, 1.165) is 57.8 Å². The van der Waals surface area contributed by atoms with Gasteiger partial charge in [-0.05, 0) is 44.9 Å². The standard InChI is InChI=1S/C65H124O6/c1-4-7-10-13-16-19-22-24-25-26-27-28-29-30-31-32-33-34-35-36-37-38-39-41-43-46-49-52-55-58-64(67)70-61-62(60-69-63(66)57-54-51-48-45-42-21-18-15-12-9-6-3)71-65(68)59-56-53-50-47-44-40-23-20-17-14-11-8-5-2/h26-27,62H,4-25,28-61H2,1-3H3/b27-26-. The highest BCUT2D eigenvalue weighted by Crippen LogP contribution is 2.18. The highest BCUT2D eigenvalue weighted by Gasteiger charge is 2.19. The van der Waals surface area contributed by atoms with Crippen LogP contribution in [-0.2, 0) is 28.6 Å². The Hall–Kier alpha value is -1.85. The molecule has 0 aromatic rings. The number of rotatable bonds is 60. The van der Waals surface area contributed by atoms with Gasteiger partial charge >= 0.3 is 17.9 Å². The molecule has 0 spiro atoms. The molecule has 6 heteroatoms. The maximum absolute atomic E-state index is 12.8. The Bertz CT molecular complexity index is 1100. The lowest BCUT2D eigenvalue weighted by Gasteiger charge is -2.18. The molecule has 0 bridgehead atoms. The number of hydrogen-bond acceptors (Lipinski definition) is 6. The number of carbonyl (C=O) groups excluding carboxylic acids is 3. The summed E-state index contributed by atoms with van der Waals surface area (Å²) < 4.78 is 16.9. The normalized spacial score (nSPS) is 12.0. The topological polar surface area (TPSA) is 78.9 Å². The van der Waals surface area contributed by atoms with Crippen LogP contribution < -0.4 is 0 Å². The molecule has 6 nitrogen and oxygen atoms in total. The zero-order valence-corrected chi connectivity index (χ0v) is 48.3. The molecule has 0 fully saturated rings. The van der Waals surface area contributed by atoms with Gasteiger partial charge in [0.25, 0.3) is 0 Å². The smallest absolute Gasteiger partial charge is 0.306 e. The fraction of sp³-hybridized carbons (Fsp3) is 0.923. The van der Waals surface area contributed by atoms with E-state index in [0.29, 0.717) is 19.3 Å². The van der Waals surface area contributed by atoms with Crippen LogP contribution >= 0.6 is 0 Å². The van der Waals surface area contributed by atoms with Gasteiger partial charge in [-0.3, -0.25) is 14.4 Å². The Morgan fingerprint density at radius 1 is 0.268 bits per heavy atom. The van der Waals surface area contributed by atoms with Crippen LogP contribution in [0, 0.1) is 0 Å². The summed E-state index contributed by atoms with van der Waals surface area (Å²) in [5, 5.41) is 0. The second-order valence-electron chi connectivity index (χ2n) is 22.0. The molecular weight excluding hydrogens is 877 g/mol. The fourth-order valence-corrected chi connectivity index (χ4v) is 9.91. The molecular formula is C65H124O6. The van der Waals surface area contributed by atoms with Crippen LogP contribution in [0.25, 0.3) is 0 Å². The van der Waals surface area contributed by atoms with Crippen molar-refractivity contribution in [2.75, 3.05) is 13.2 Å². The number of unbranched alkanes of at least 4 members (excludes halogenated alkanes) is 47. The minimum absolute atomic E-state index is 0.0629. The van der Waals surface area contributed by atoms with Crippen LogP contribution in [0.15, 0.2) is 12.2 Å². The van der Waals surface area contributed by atoms with Gasteiger partial charge in [-0.2, -0.15) is 0 Å². The number of hydrogen-bond donors (Lipinski definition) is 0. The van der Waals surface area contributed by atoms with Crippen molar-refractivity contribution in [1.29, 1.82) is 0 Å². The van der Waals surface area contributed by atoms with Gasteiger partial charge in [0.15, 0.2) is 6.10 Å². The Labute approximate surface area is 443 Å². The molecule has 0 amide bonds. The fourth-order valence-electron chi connectivity index (χ4n) is 9.91. The van der Waals surface area contributed by atoms with E-state index in [1.807, 2.05) is 0 Å². The van der Waals surface area contributed by atoms with Crippen LogP contribution in [0.4, 0.5) is 0 Å². The minimum Gasteiger partial charge on any atom is -0.462 e. The third-order valence-corrected chi connectivity index (χ3v) is 14.8. The average Bonchev–Trinajstić information content (AvgIpc) is 3.37. The summed E-state index contributed by atoms with van der Waals surface area (Å²) in [7, 11) is 0. The van der Waals surface area contributed by atoms with Gasteiger partial charge in [0, 0.05) is 19.3 Å². The Balaban J connectivity index is 4.07. The van der Waals surface area contributed by atoms with Crippen LogP contribution in [0.2, 0.25) is 0 Å². The second-order valence-corrected chi connectivity index (χ2v) is 22.0. The first-order valence-corrected chi connectivity index (χ1v) is 32.2. The maximum atomic E-state index is 12.8. The second kappa shape index (κ2) is 60.7. The first kappa shape index (κ1) is 69.2. The molecule has 0 aromatic heterocycles. The van der Waals surface area contributed by atoms with Crippen molar-refractivity contribution in [1.82, 2.24) is 0 Å². The van der Waals surface area contributed by atoms with E-state index in [-0.39, 0.29) is 31.1 Å². The van der Waals surface area contributed by atoms with E-state index < -0.39 is 6.10 Å². The summed E-state index contributed by atoms with van der Waals surface area (Å²) in [6, 6.07) is 0. The predicted molar refractivity (Wildman–Crippen MR) is 307 cm³/mol. The van der Waals surface area contributed by atoms with E-state index in [1.165, 1.54) is 270 Å². The van der Waals surface area contributed by atoms with Gasteiger partial charge in [0.1, 0.15) is 13.2 Å². The highest BCUT2D eigenvalue weighted by atomic mass is 16.6. The van der Waals surface area contributed by atoms with Gasteiger partial charge in [-0.15, -0.1) is 0 Å². The molecule has 1 atom stereocenters. The molecule has 0 aromatic carbocycles. The number of ether oxygens (including phenoxy) is 3. The van der Waals surface area contributed by atoms with Crippen LogP contribution in [0.1, 0.15) is 367 Å². The first-order chi connectivity index (χ1) is 35.0. The lowest BCUT2D eigenvalue weighted by atomic mass is 10.0. The molecule has 0 aliphatic rings. The molecule has 71 heavy (non-hydrogen) atoms. The van der Waals surface area contributed by atoms with Crippen molar-refractivity contribution in [3.05, 3.63) is 12.2 Å².